The molecule has 1 atom stereocenters. The number of hydrogen-bond acceptors (Lipinski definition) is 4. The zero-order chi connectivity index (χ0) is 43.3. The quantitative estimate of drug-likeness (QED) is 0.176. The van der Waals surface area contributed by atoms with Crippen LogP contribution in [0.5, 0.6) is 0 Å². The van der Waals surface area contributed by atoms with Crippen molar-refractivity contribution in [3.05, 3.63) is 235 Å². The lowest BCUT2D eigenvalue weighted by Gasteiger charge is -2.25. The van der Waals surface area contributed by atoms with Crippen LogP contribution in [-0.4, -0.2) is 16.2 Å². The fraction of sp³-hybridized carbons (Fsp3) is 0.0164. The number of para-hydroxylation sites is 2. The van der Waals surface area contributed by atoms with Crippen molar-refractivity contribution in [2.75, 3.05) is 0 Å². The van der Waals surface area contributed by atoms with Crippen molar-refractivity contribution in [2.45, 2.75) is 6.17 Å². The van der Waals surface area contributed by atoms with Gasteiger partial charge in [0.15, 0.2) is 5.84 Å². The Morgan fingerprint density at radius 2 is 1.12 bits per heavy atom. The monoisotopic (exact) mass is 842 g/mol. The Balaban J connectivity index is 1.08. The number of furan rings is 1. The second-order valence-corrected chi connectivity index (χ2v) is 17.3. The van der Waals surface area contributed by atoms with E-state index in [0.717, 1.165) is 88.5 Å². The molecular formula is C61H38N4O. The molecule has 2 aromatic heterocycles. The molecule has 308 valence electrons. The van der Waals surface area contributed by atoms with Gasteiger partial charge in [0.1, 0.15) is 23.2 Å². The van der Waals surface area contributed by atoms with E-state index in [2.05, 4.69) is 222 Å². The lowest BCUT2D eigenvalue weighted by molar-refractivity contribution is 0.669. The van der Waals surface area contributed by atoms with Crippen molar-refractivity contribution < 1.29 is 4.42 Å². The van der Waals surface area contributed by atoms with Gasteiger partial charge in [-0.15, -0.1) is 0 Å². The number of aromatic nitrogens is 1. The van der Waals surface area contributed by atoms with Crippen molar-refractivity contribution in [3.8, 4) is 16.8 Å². The molecule has 0 bridgehead atoms. The first-order chi connectivity index (χ1) is 32.7. The molecular weight excluding hydrogens is 805 g/mol. The van der Waals surface area contributed by atoms with Gasteiger partial charge in [0.25, 0.3) is 0 Å². The Hall–Kier alpha value is -8.80. The third-order valence-electron chi connectivity index (χ3n) is 13.6. The van der Waals surface area contributed by atoms with Crippen LogP contribution >= 0.6 is 0 Å². The molecule has 0 amide bonds. The summed E-state index contributed by atoms with van der Waals surface area (Å²) in [6.07, 6.45) is -0.375. The summed E-state index contributed by atoms with van der Waals surface area (Å²) >= 11 is 0. The summed E-state index contributed by atoms with van der Waals surface area (Å²) < 4.78 is 9.17. The van der Waals surface area contributed by atoms with Gasteiger partial charge in [-0.3, -0.25) is 0 Å². The van der Waals surface area contributed by atoms with Crippen molar-refractivity contribution in [3.63, 3.8) is 0 Å². The number of nitrogens with one attached hydrogen (secondary N) is 1. The molecule has 0 saturated carbocycles. The number of hydrogen-bond donors (Lipinski definition) is 1. The topological polar surface area (TPSA) is 54.8 Å². The van der Waals surface area contributed by atoms with Gasteiger partial charge in [-0.05, 0) is 97.2 Å². The van der Waals surface area contributed by atoms with E-state index in [9.17, 15) is 0 Å². The van der Waals surface area contributed by atoms with Gasteiger partial charge in [-0.2, -0.15) is 0 Å². The van der Waals surface area contributed by atoms with Crippen LogP contribution in [0, 0.1) is 0 Å². The Morgan fingerprint density at radius 3 is 1.98 bits per heavy atom. The maximum absolute atomic E-state index is 6.72. The fourth-order valence-electron chi connectivity index (χ4n) is 10.6. The van der Waals surface area contributed by atoms with Crippen molar-refractivity contribution in [1.29, 1.82) is 0 Å². The molecule has 1 unspecified atom stereocenters. The Bertz CT molecular complexity index is 4210. The van der Waals surface area contributed by atoms with Gasteiger partial charge in [-0.1, -0.05) is 170 Å². The maximum Gasteiger partial charge on any atom is 0.159 e. The minimum absolute atomic E-state index is 0.375. The summed E-state index contributed by atoms with van der Waals surface area (Å²) in [6.45, 7) is 0. The molecule has 1 N–H and O–H groups in total. The Morgan fingerprint density at radius 1 is 0.424 bits per heavy atom. The summed E-state index contributed by atoms with van der Waals surface area (Å²) in [7, 11) is 0. The van der Waals surface area contributed by atoms with Crippen LogP contribution in [0.15, 0.2) is 233 Å². The summed E-state index contributed by atoms with van der Waals surface area (Å²) in [5.74, 6) is 1.44. The van der Waals surface area contributed by atoms with Gasteiger partial charge >= 0.3 is 0 Å². The van der Waals surface area contributed by atoms with Gasteiger partial charge < -0.3 is 14.3 Å². The number of amidine groups is 2. The molecule has 0 spiro atoms. The molecule has 0 fully saturated rings. The normalized spacial score (nSPS) is 14.2. The van der Waals surface area contributed by atoms with Crippen LogP contribution in [0.4, 0.5) is 0 Å². The maximum atomic E-state index is 6.72. The van der Waals surface area contributed by atoms with Crippen molar-refractivity contribution >= 4 is 98.5 Å². The molecule has 0 radical (unpaired) electrons. The number of benzene rings is 11. The van der Waals surface area contributed by atoms with E-state index in [1.807, 2.05) is 6.07 Å². The number of rotatable bonds is 5. The minimum Gasteiger partial charge on any atom is -0.456 e. The SMILES string of the molecule is c1ccc(C2N=C(c3ccc(-n4c5ccccc5c5cc6ccccc6cc54)c(-c4c5ccccc5cc5oc6ccccc6c45)c3)N=C(c3cccc4c3ccc3ccccc34)N2)cc1. The van der Waals surface area contributed by atoms with E-state index in [4.69, 9.17) is 14.4 Å². The first-order valence-electron chi connectivity index (χ1n) is 22.5. The van der Waals surface area contributed by atoms with Crippen LogP contribution in [0.25, 0.3) is 104 Å². The highest BCUT2D eigenvalue weighted by Gasteiger charge is 2.26. The largest absolute Gasteiger partial charge is 0.456 e. The molecule has 11 aromatic carbocycles. The molecule has 13 aromatic rings. The molecule has 5 nitrogen and oxygen atoms in total. The van der Waals surface area contributed by atoms with Gasteiger partial charge in [0.05, 0.1) is 16.7 Å². The van der Waals surface area contributed by atoms with Crippen LogP contribution < -0.4 is 5.32 Å². The van der Waals surface area contributed by atoms with E-state index >= 15 is 0 Å². The summed E-state index contributed by atoms with van der Waals surface area (Å²) in [5.41, 5.74) is 10.2. The standard InChI is InChI=1S/C61H38N4O/c1-2-16-38(17-3-1)59-62-60(64-61(63-59)48-26-14-25-45-43-21-8-6-15-37(43)29-31-46(45)48)42-30-32-53(65-52-27-12-10-23-47(52)50-33-39-18-4-5-19-40(39)35-54(50)65)51(34-42)57-44-22-9-7-20-41(44)36-56-58(57)49-24-11-13-28-55(49)66-56/h1-36,59H,(H,62,63,64). The third kappa shape index (κ3) is 5.60. The molecule has 0 saturated heterocycles. The highest BCUT2D eigenvalue weighted by Crippen LogP contribution is 2.46. The summed E-state index contributed by atoms with van der Waals surface area (Å²) in [4.78, 5) is 10.9. The van der Waals surface area contributed by atoms with Crippen LogP contribution in [-0.2, 0) is 0 Å². The van der Waals surface area contributed by atoms with E-state index < -0.39 is 0 Å². The van der Waals surface area contributed by atoms with E-state index in [0.29, 0.717) is 5.84 Å². The Labute approximate surface area is 379 Å². The minimum atomic E-state index is -0.375. The molecule has 14 rings (SSSR count). The summed E-state index contributed by atoms with van der Waals surface area (Å²) in [5, 5.41) is 17.7. The zero-order valence-electron chi connectivity index (χ0n) is 35.6. The fourth-order valence-corrected chi connectivity index (χ4v) is 10.6. The van der Waals surface area contributed by atoms with E-state index in [1.165, 1.54) is 37.7 Å². The van der Waals surface area contributed by atoms with E-state index in [1.54, 1.807) is 0 Å². The van der Waals surface area contributed by atoms with Crippen LogP contribution in [0.1, 0.15) is 22.9 Å². The second-order valence-electron chi connectivity index (χ2n) is 17.3. The number of aliphatic imine (C=N–C) groups is 2. The number of nitrogens with zero attached hydrogens (tertiary/aromatic N) is 3. The van der Waals surface area contributed by atoms with Crippen molar-refractivity contribution in [1.82, 2.24) is 9.88 Å². The average molecular weight is 843 g/mol. The first kappa shape index (κ1) is 36.7. The molecule has 1 aliphatic rings. The number of fused-ring (bicyclic) bond motifs is 11. The van der Waals surface area contributed by atoms with Crippen LogP contribution in [0.3, 0.4) is 0 Å². The second kappa shape index (κ2) is 14.4. The highest BCUT2D eigenvalue weighted by molar-refractivity contribution is 6.24. The molecule has 1 aliphatic heterocycles. The third-order valence-corrected chi connectivity index (χ3v) is 13.6. The average Bonchev–Trinajstić information content (AvgIpc) is 3.91. The highest BCUT2D eigenvalue weighted by atomic mass is 16.3. The molecule has 66 heavy (non-hydrogen) atoms. The predicted molar refractivity (Wildman–Crippen MR) is 275 cm³/mol. The smallest absolute Gasteiger partial charge is 0.159 e. The predicted octanol–water partition coefficient (Wildman–Crippen LogP) is 15.5. The molecule has 5 heteroatoms. The first-order valence-corrected chi connectivity index (χ1v) is 22.5. The lowest BCUT2D eigenvalue weighted by Crippen LogP contribution is -2.33. The van der Waals surface area contributed by atoms with Crippen molar-refractivity contribution in [2.24, 2.45) is 9.98 Å². The van der Waals surface area contributed by atoms with Gasteiger partial charge in [0, 0.05) is 43.8 Å². The van der Waals surface area contributed by atoms with Gasteiger partial charge in [0.2, 0.25) is 0 Å². The lowest BCUT2D eigenvalue weighted by atomic mass is 9.91. The van der Waals surface area contributed by atoms with E-state index in [-0.39, 0.29) is 6.17 Å². The Kier molecular flexibility index (Phi) is 7.98. The summed E-state index contributed by atoms with van der Waals surface area (Å²) in [6, 6.07) is 78.2. The molecule has 3 heterocycles. The van der Waals surface area contributed by atoms with Gasteiger partial charge in [-0.25, -0.2) is 9.98 Å². The van der Waals surface area contributed by atoms with Crippen LogP contribution in [0.2, 0.25) is 0 Å². The zero-order valence-corrected chi connectivity index (χ0v) is 35.6. The molecule has 0 aliphatic carbocycles.